The van der Waals surface area contributed by atoms with Gasteiger partial charge in [-0.05, 0) is 31.9 Å². The van der Waals surface area contributed by atoms with E-state index in [1.54, 1.807) is 17.0 Å². The molecule has 8 heteroatoms. The van der Waals surface area contributed by atoms with Gasteiger partial charge in [0.25, 0.3) is 0 Å². The third-order valence-electron chi connectivity index (χ3n) is 4.27. The van der Waals surface area contributed by atoms with E-state index < -0.39 is 0 Å². The van der Waals surface area contributed by atoms with Gasteiger partial charge in [0.2, 0.25) is 11.4 Å². The van der Waals surface area contributed by atoms with E-state index in [0.29, 0.717) is 5.78 Å². The van der Waals surface area contributed by atoms with Gasteiger partial charge in [-0.2, -0.15) is 9.61 Å². The second kappa shape index (κ2) is 5.55. The van der Waals surface area contributed by atoms with Crippen molar-refractivity contribution in [3.63, 3.8) is 0 Å². The molecule has 0 bridgehead atoms. The Morgan fingerprint density at radius 2 is 2.17 bits per heavy atom. The molecule has 8 nitrogen and oxygen atoms in total. The summed E-state index contributed by atoms with van der Waals surface area (Å²) in [5.41, 5.74) is 4.62. The molecule has 1 atom stereocenters. The summed E-state index contributed by atoms with van der Waals surface area (Å²) in [7, 11) is 0. The summed E-state index contributed by atoms with van der Waals surface area (Å²) >= 11 is 0. The molecular formula is C16H18N8. The maximum absolute atomic E-state index is 4.63. The van der Waals surface area contributed by atoms with Gasteiger partial charge in [0.15, 0.2) is 0 Å². The Hall–Kier alpha value is -3.03. The lowest BCUT2D eigenvalue weighted by Gasteiger charge is -2.18. The number of hydrogen-bond acceptors (Lipinski definition) is 6. The third-order valence-corrected chi connectivity index (χ3v) is 4.27. The summed E-state index contributed by atoms with van der Waals surface area (Å²) in [6.45, 7) is 6.15. The first kappa shape index (κ1) is 14.6. The van der Waals surface area contributed by atoms with E-state index in [1.807, 2.05) is 36.7 Å². The van der Waals surface area contributed by atoms with E-state index in [1.165, 1.54) is 0 Å². The Morgan fingerprint density at radius 3 is 2.96 bits per heavy atom. The molecule has 0 amide bonds. The highest BCUT2D eigenvalue weighted by Gasteiger charge is 2.18. The zero-order valence-electron chi connectivity index (χ0n) is 13.8. The highest BCUT2D eigenvalue weighted by atomic mass is 15.3. The summed E-state index contributed by atoms with van der Waals surface area (Å²) in [4.78, 5) is 8.92. The summed E-state index contributed by atoms with van der Waals surface area (Å²) in [5, 5.41) is 16.2. The number of rotatable bonds is 4. The molecule has 0 aromatic carbocycles. The van der Waals surface area contributed by atoms with Crippen LogP contribution in [0.25, 0.3) is 11.4 Å². The number of aryl methyl sites for hydroxylation is 1. The van der Waals surface area contributed by atoms with Gasteiger partial charge in [-0.15, -0.1) is 10.2 Å². The van der Waals surface area contributed by atoms with Crippen LogP contribution in [0.5, 0.6) is 0 Å². The topological polar surface area (TPSA) is 85.3 Å². The monoisotopic (exact) mass is 322 g/mol. The minimum Gasteiger partial charge on any atom is -0.373 e. The number of fused-ring (bicyclic) bond motifs is 2. The SMILES string of the molecule is CCC(Nc1c(C)c(C)nn2cnnc12)c1cn2cccnc2n1. The van der Waals surface area contributed by atoms with Crippen molar-refractivity contribution in [3.8, 4) is 0 Å². The van der Waals surface area contributed by atoms with Gasteiger partial charge in [-0.3, -0.25) is 4.40 Å². The van der Waals surface area contributed by atoms with Crippen LogP contribution in [0.15, 0.2) is 31.0 Å². The van der Waals surface area contributed by atoms with Gasteiger partial charge in [0.1, 0.15) is 6.33 Å². The van der Waals surface area contributed by atoms with Crippen LogP contribution in [0.4, 0.5) is 5.69 Å². The Bertz CT molecular complexity index is 982. The van der Waals surface area contributed by atoms with Crippen molar-refractivity contribution in [2.75, 3.05) is 5.32 Å². The standard InChI is InChI=1S/C16H18N8/c1-4-12(13-8-23-7-5-6-17-16(23)20-13)19-14-10(2)11(3)22-24-9-18-21-15(14)24/h5-9,12,19H,4H2,1-3H3. The fourth-order valence-corrected chi connectivity index (χ4v) is 2.80. The molecule has 4 aromatic rings. The molecule has 0 fully saturated rings. The van der Waals surface area contributed by atoms with Gasteiger partial charge >= 0.3 is 0 Å². The molecule has 4 aromatic heterocycles. The molecule has 0 aliphatic carbocycles. The maximum atomic E-state index is 4.63. The second-order valence-electron chi connectivity index (χ2n) is 5.78. The van der Waals surface area contributed by atoms with E-state index >= 15 is 0 Å². The van der Waals surface area contributed by atoms with E-state index in [-0.39, 0.29) is 6.04 Å². The first-order valence-corrected chi connectivity index (χ1v) is 7.90. The summed E-state index contributed by atoms with van der Waals surface area (Å²) < 4.78 is 3.62. The van der Waals surface area contributed by atoms with Crippen molar-refractivity contribution in [2.24, 2.45) is 0 Å². The minimum atomic E-state index is 0.0488. The highest BCUT2D eigenvalue weighted by Crippen LogP contribution is 2.28. The van der Waals surface area contributed by atoms with Crippen molar-refractivity contribution in [1.29, 1.82) is 0 Å². The average molecular weight is 322 g/mol. The number of anilines is 1. The van der Waals surface area contributed by atoms with Crippen molar-refractivity contribution in [3.05, 3.63) is 47.9 Å². The van der Waals surface area contributed by atoms with E-state index in [4.69, 9.17) is 0 Å². The predicted molar refractivity (Wildman–Crippen MR) is 89.9 cm³/mol. The summed E-state index contributed by atoms with van der Waals surface area (Å²) in [5.74, 6) is 0.697. The zero-order valence-corrected chi connectivity index (χ0v) is 13.8. The molecular weight excluding hydrogens is 304 g/mol. The van der Waals surface area contributed by atoms with Crippen LogP contribution in [-0.4, -0.2) is 34.2 Å². The fourth-order valence-electron chi connectivity index (χ4n) is 2.80. The average Bonchev–Trinajstić information content (AvgIpc) is 3.21. The number of aromatic nitrogens is 7. The Balaban J connectivity index is 1.77. The molecule has 0 aliphatic heterocycles. The number of hydrogen-bond donors (Lipinski definition) is 1. The molecule has 0 saturated carbocycles. The van der Waals surface area contributed by atoms with Gasteiger partial charge in [0.05, 0.1) is 23.1 Å². The summed E-state index contributed by atoms with van der Waals surface area (Å²) in [6.07, 6.45) is 8.20. The molecule has 1 N–H and O–H groups in total. The number of imidazole rings is 1. The second-order valence-corrected chi connectivity index (χ2v) is 5.78. The van der Waals surface area contributed by atoms with Crippen molar-refractivity contribution in [1.82, 2.24) is 34.2 Å². The van der Waals surface area contributed by atoms with Gasteiger partial charge in [-0.1, -0.05) is 6.92 Å². The van der Waals surface area contributed by atoms with Gasteiger partial charge in [0, 0.05) is 18.6 Å². The smallest absolute Gasteiger partial charge is 0.233 e. The third kappa shape index (κ3) is 2.27. The van der Waals surface area contributed by atoms with Crippen molar-refractivity contribution < 1.29 is 0 Å². The Kier molecular flexibility index (Phi) is 3.37. The van der Waals surface area contributed by atoms with Gasteiger partial charge < -0.3 is 5.32 Å². The van der Waals surface area contributed by atoms with Crippen LogP contribution in [0.3, 0.4) is 0 Å². The van der Waals surface area contributed by atoms with Crippen LogP contribution in [0.2, 0.25) is 0 Å². The maximum Gasteiger partial charge on any atom is 0.233 e. The van der Waals surface area contributed by atoms with E-state index in [9.17, 15) is 0 Å². The molecule has 122 valence electrons. The number of nitrogens with one attached hydrogen (secondary N) is 1. The fraction of sp³-hybridized carbons (Fsp3) is 0.312. The molecule has 1 unspecified atom stereocenters. The first-order valence-electron chi connectivity index (χ1n) is 7.90. The van der Waals surface area contributed by atoms with Crippen LogP contribution in [-0.2, 0) is 0 Å². The largest absolute Gasteiger partial charge is 0.373 e. The zero-order chi connectivity index (χ0) is 16.7. The quantitative estimate of drug-likeness (QED) is 0.621. The van der Waals surface area contributed by atoms with Crippen molar-refractivity contribution >= 4 is 17.1 Å². The molecule has 4 rings (SSSR count). The van der Waals surface area contributed by atoms with Crippen LogP contribution < -0.4 is 5.32 Å². The van der Waals surface area contributed by atoms with E-state index in [2.05, 4.69) is 37.5 Å². The Morgan fingerprint density at radius 1 is 1.29 bits per heavy atom. The normalized spacial score (nSPS) is 12.8. The lowest BCUT2D eigenvalue weighted by atomic mass is 10.1. The lowest BCUT2D eigenvalue weighted by molar-refractivity contribution is 0.726. The first-order chi connectivity index (χ1) is 11.7. The molecule has 0 radical (unpaired) electrons. The Labute approximate surface area is 138 Å². The molecule has 0 saturated heterocycles. The molecule has 24 heavy (non-hydrogen) atoms. The molecule has 0 spiro atoms. The van der Waals surface area contributed by atoms with E-state index in [0.717, 1.165) is 34.7 Å². The molecule has 4 heterocycles. The number of nitrogens with zero attached hydrogens (tertiary/aromatic N) is 7. The van der Waals surface area contributed by atoms with Gasteiger partial charge in [-0.25, -0.2) is 9.97 Å². The minimum absolute atomic E-state index is 0.0488. The lowest BCUT2D eigenvalue weighted by Crippen LogP contribution is -2.13. The highest BCUT2D eigenvalue weighted by molar-refractivity contribution is 5.71. The van der Waals surface area contributed by atoms with Crippen molar-refractivity contribution in [2.45, 2.75) is 33.2 Å². The summed E-state index contributed by atoms with van der Waals surface area (Å²) in [6, 6.07) is 1.94. The predicted octanol–water partition coefficient (Wildman–Crippen LogP) is 2.35. The van der Waals surface area contributed by atoms with Crippen LogP contribution in [0.1, 0.15) is 36.3 Å². The molecule has 0 aliphatic rings. The van der Waals surface area contributed by atoms with Crippen LogP contribution in [0, 0.1) is 13.8 Å². The van der Waals surface area contributed by atoms with Crippen LogP contribution >= 0.6 is 0 Å².